The molecule has 2 aliphatic heterocycles. The minimum atomic E-state index is -0.989. The van der Waals surface area contributed by atoms with E-state index in [9.17, 15) is 9.18 Å². The van der Waals surface area contributed by atoms with Crippen molar-refractivity contribution in [2.24, 2.45) is 0 Å². The molecule has 0 aliphatic carbocycles. The van der Waals surface area contributed by atoms with Gasteiger partial charge in [0.05, 0.1) is 32.0 Å². The standard InChI is InChI=1S/C17H26FN3O3/c1-17(2,3)14-9-19-15(24-14)11-21-10-12(18)8-13(21)16(22)20-4-6-23-7-5-20/h9,12-13H,4-8,10-11H2,1-3H3/t12-,13+/m1/s1. The number of rotatable bonds is 3. The Labute approximate surface area is 142 Å². The van der Waals surface area contributed by atoms with E-state index >= 15 is 0 Å². The summed E-state index contributed by atoms with van der Waals surface area (Å²) in [4.78, 5) is 20.6. The molecule has 0 N–H and O–H groups in total. The van der Waals surface area contributed by atoms with Crippen LogP contribution < -0.4 is 0 Å². The van der Waals surface area contributed by atoms with Crippen molar-refractivity contribution in [1.82, 2.24) is 14.8 Å². The Bertz CT molecular complexity index is 578. The van der Waals surface area contributed by atoms with Gasteiger partial charge >= 0.3 is 0 Å². The molecule has 6 nitrogen and oxygen atoms in total. The zero-order valence-corrected chi connectivity index (χ0v) is 14.6. The second-order valence-electron chi connectivity index (χ2n) is 7.58. The Morgan fingerprint density at radius 1 is 1.38 bits per heavy atom. The van der Waals surface area contributed by atoms with Crippen molar-refractivity contribution in [2.75, 3.05) is 32.8 Å². The van der Waals surface area contributed by atoms with E-state index in [2.05, 4.69) is 25.8 Å². The number of alkyl halides is 1. The molecule has 0 aromatic carbocycles. The van der Waals surface area contributed by atoms with E-state index in [1.165, 1.54) is 0 Å². The summed E-state index contributed by atoms with van der Waals surface area (Å²) in [6.07, 6.45) is 0.970. The molecule has 1 aromatic rings. The molecule has 0 spiro atoms. The predicted octanol–water partition coefficient (Wildman–Crippen LogP) is 1.74. The lowest BCUT2D eigenvalue weighted by atomic mass is 9.94. The Morgan fingerprint density at radius 3 is 2.71 bits per heavy atom. The number of aromatic nitrogens is 1. The van der Waals surface area contributed by atoms with Gasteiger partial charge in [-0.3, -0.25) is 9.69 Å². The Kier molecular flexibility index (Phi) is 4.92. The molecule has 3 heterocycles. The lowest BCUT2D eigenvalue weighted by molar-refractivity contribution is -0.140. The molecule has 0 bridgehead atoms. The third-order valence-electron chi connectivity index (χ3n) is 4.59. The van der Waals surface area contributed by atoms with Crippen LogP contribution in [0.5, 0.6) is 0 Å². The zero-order valence-electron chi connectivity index (χ0n) is 14.6. The molecule has 2 aliphatic rings. The highest BCUT2D eigenvalue weighted by Gasteiger charge is 2.40. The quantitative estimate of drug-likeness (QED) is 0.840. The average Bonchev–Trinajstić information content (AvgIpc) is 3.14. The van der Waals surface area contributed by atoms with Crippen LogP contribution in [0.3, 0.4) is 0 Å². The van der Waals surface area contributed by atoms with Crippen molar-refractivity contribution in [3.05, 3.63) is 17.8 Å². The summed E-state index contributed by atoms with van der Waals surface area (Å²) in [7, 11) is 0. The van der Waals surface area contributed by atoms with Gasteiger partial charge in [0, 0.05) is 31.5 Å². The van der Waals surface area contributed by atoms with Crippen LogP contribution in [0.1, 0.15) is 38.8 Å². The van der Waals surface area contributed by atoms with Crippen LogP contribution in [-0.4, -0.2) is 65.8 Å². The Balaban J connectivity index is 1.68. The molecule has 0 saturated carbocycles. The van der Waals surface area contributed by atoms with Gasteiger partial charge < -0.3 is 14.1 Å². The van der Waals surface area contributed by atoms with Gasteiger partial charge in [-0.2, -0.15) is 0 Å². The fourth-order valence-corrected chi connectivity index (χ4v) is 3.18. The summed E-state index contributed by atoms with van der Waals surface area (Å²) >= 11 is 0. The van der Waals surface area contributed by atoms with Crippen LogP contribution in [-0.2, 0) is 21.5 Å². The number of carbonyl (C=O) groups excluding carboxylic acids is 1. The van der Waals surface area contributed by atoms with Crippen LogP contribution in [0.15, 0.2) is 10.6 Å². The van der Waals surface area contributed by atoms with Gasteiger partial charge in [0.2, 0.25) is 11.8 Å². The first-order valence-electron chi connectivity index (χ1n) is 8.54. The van der Waals surface area contributed by atoms with Crippen LogP contribution in [0.2, 0.25) is 0 Å². The van der Waals surface area contributed by atoms with Crippen LogP contribution in [0.4, 0.5) is 4.39 Å². The number of hydrogen-bond donors (Lipinski definition) is 0. The highest BCUT2D eigenvalue weighted by atomic mass is 19.1. The average molecular weight is 339 g/mol. The first-order chi connectivity index (χ1) is 11.3. The molecule has 134 valence electrons. The lowest BCUT2D eigenvalue weighted by Gasteiger charge is -2.32. The molecule has 7 heteroatoms. The number of amides is 1. The Morgan fingerprint density at radius 2 is 2.08 bits per heavy atom. The van der Waals surface area contributed by atoms with Crippen LogP contribution >= 0.6 is 0 Å². The number of ether oxygens (including phenoxy) is 1. The molecular formula is C17H26FN3O3. The number of carbonyl (C=O) groups is 1. The summed E-state index contributed by atoms with van der Waals surface area (Å²) in [6, 6.07) is -0.442. The summed E-state index contributed by atoms with van der Waals surface area (Å²) in [6.45, 7) is 9.00. The molecule has 2 atom stereocenters. The maximum Gasteiger partial charge on any atom is 0.240 e. The molecule has 1 aromatic heterocycles. The van der Waals surface area contributed by atoms with E-state index < -0.39 is 12.2 Å². The minimum Gasteiger partial charge on any atom is -0.444 e. The minimum absolute atomic E-state index is 0.0129. The molecule has 1 amide bonds. The highest BCUT2D eigenvalue weighted by Crippen LogP contribution is 2.27. The van der Waals surface area contributed by atoms with Crippen molar-refractivity contribution < 1.29 is 18.3 Å². The molecule has 2 fully saturated rings. The molecule has 24 heavy (non-hydrogen) atoms. The van der Waals surface area contributed by atoms with Crippen molar-refractivity contribution in [2.45, 2.75) is 51.4 Å². The SMILES string of the molecule is CC(C)(C)c1cnc(CN2C[C@H](F)C[C@H]2C(=O)N2CCOCC2)o1. The number of halogens is 1. The summed E-state index contributed by atoms with van der Waals surface area (Å²) < 4.78 is 25.0. The van der Waals surface area contributed by atoms with E-state index in [4.69, 9.17) is 9.15 Å². The van der Waals surface area contributed by atoms with Crippen molar-refractivity contribution in [3.8, 4) is 0 Å². The first-order valence-corrected chi connectivity index (χ1v) is 8.54. The van der Waals surface area contributed by atoms with Crippen LogP contribution in [0, 0.1) is 0 Å². The summed E-state index contributed by atoms with van der Waals surface area (Å²) in [5.74, 6) is 1.32. The van der Waals surface area contributed by atoms with Crippen molar-refractivity contribution >= 4 is 5.91 Å². The summed E-state index contributed by atoms with van der Waals surface area (Å²) in [5.41, 5.74) is -0.123. The second-order valence-corrected chi connectivity index (χ2v) is 7.58. The van der Waals surface area contributed by atoms with Crippen molar-refractivity contribution in [3.63, 3.8) is 0 Å². The third kappa shape index (κ3) is 3.78. The monoisotopic (exact) mass is 339 g/mol. The fourth-order valence-electron chi connectivity index (χ4n) is 3.18. The smallest absolute Gasteiger partial charge is 0.240 e. The zero-order chi connectivity index (χ0) is 17.3. The number of morpholine rings is 1. The van der Waals surface area contributed by atoms with Crippen molar-refractivity contribution in [1.29, 1.82) is 0 Å². The fraction of sp³-hybridized carbons (Fsp3) is 0.765. The second kappa shape index (κ2) is 6.80. The number of oxazole rings is 1. The van der Waals surface area contributed by atoms with E-state index in [1.807, 2.05) is 4.90 Å². The van der Waals surface area contributed by atoms with Crippen LogP contribution in [0.25, 0.3) is 0 Å². The van der Waals surface area contributed by atoms with Gasteiger partial charge in [-0.1, -0.05) is 20.8 Å². The maximum absolute atomic E-state index is 14.0. The van der Waals surface area contributed by atoms with Gasteiger partial charge in [0.25, 0.3) is 0 Å². The van der Waals surface area contributed by atoms with E-state index in [1.54, 1.807) is 11.1 Å². The van der Waals surface area contributed by atoms with E-state index in [-0.39, 0.29) is 24.3 Å². The topological polar surface area (TPSA) is 58.8 Å². The number of nitrogens with zero attached hydrogens (tertiary/aromatic N) is 3. The van der Waals surface area contributed by atoms with Gasteiger partial charge in [0.1, 0.15) is 11.9 Å². The largest absolute Gasteiger partial charge is 0.444 e. The predicted molar refractivity (Wildman–Crippen MR) is 86.3 cm³/mol. The number of hydrogen-bond acceptors (Lipinski definition) is 5. The van der Waals surface area contributed by atoms with E-state index in [0.717, 1.165) is 5.76 Å². The Hall–Kier alpha value is -1.47. The molecular weight excluding hydrogens is 313 g/mol. The molecule has 3 rings (SSSR count). The maximum atomic E-state index is 14.0. The molecule has 0 unspecified atom stereocenters. The van der Waals surface area contributed by atoms with Gasteiger partial charge in [-0.05, 0) is 0 Å². The third-order valence-corrected chi connectivity index (χ3v) is 4.59. The number of likely N-dealkylation sites (tertiary alicyclic amines) is 1. The summed E-state index contributed by atoms with van der Waals surface area (Å²) in [5, 5.41) is 0. The van der Waals surface area contributed by atoms with E-state index in [0.29, 0.717) is 38.7 Å². The first kappa shape index (κ1) is 17.4. The lowest BCUT2D eigenvalue weighted by Crippen LogP contribution is -2.49. The van der Waals surface area contributed by atoms with Gasteiger partial charge in [-0.25, -0.2) is 9.37 Å². The molecule has 2 saturated heterocycles. The highest BCUT2D eigenvalue weighted by molar-refractivity contribution is 5.82. The van der Waals surface area contributed by atoms with Gasteiger partial charge in [0.15, 0.2) is 0 Å². The molecule has 0 radical (unpaired) electrons. The normalized spacial score (nSPS) is 26.1. The van der Waals surface area contributed by atoms with Gasteiger partial charge in [-0.15, -0.1) is 0 Å².